The van der Waals surface area contributed by atoms with Crippen LogP contribution in [0.1, 0.15) is 13.3 Å². The van der Waals surface area contributed by atoms with Crippen LogP contribution in [0.4, 0.5) is 4.79 Å². The number of nitrogens with one attached hydrogen (secondary N) is 2. The van der Waals surface area contributed by atoms with Crippen LogP contribution in [-0.2, 0) is 9.53 Å². The van der Waals surface area contributed by atoms with E-state index in [0.717, 1.165) is 6.42 Å². The SMILES string of the molecule is COCCCNC(=O)NCC(C)=O. The Morgan fingerprint density at radius 2 is 2.00 bits per heavy atom. The Bertz CT molecular complexity index is 171. The first-order valence-electron chi connectivity index (χ1n) is 4.17. The van der Waals surface area contributed by atoms with Crippen LogP contribution < -0.4 is 10.6 Å². The van der Waals surface area contributed by atoms with E-state index < -0.39 is 0 Å². The zero-order chi connectivity index (χ0) is 10.1. The van der Waals surface area contributed by atoms with E-state index in [9.17, 15) is 9.59 Å². The largest absolute Gasteiger partial charge is 0.385 e. The number of hydrogen-bond acceptors (Lipinski definition) is 3. The molecule has 0 aliphatic heterocycles. The highest BCUT2D eigenvalue weighted by atomic mass is 16.5. The number of ether oxygens (including phenoxy) is 1. The van der Waals surface area contributed by atoms with E-state index in [4.69, 9.17) is 4.74 Å². The van der Waals surface area contributed by atoms with Crippen LogP contribution in [0.15, 0.2) is 0 Å². The Morgan fingerprint density at radius 3 is 2.54 bits per heavy atom. The highest BCUT2D eigenvalue weighted by Crippen LogP contribution is 1.76. The molecule has 76 valence electrons. The molecule has 0 radical (unpaired) electrons. The molecular formula is C8H16N2O3. The molecule has 0 aliphatic carbocycles. The zero-order valence-electron chi connectivity index (χ0n) is 8.05. The van der Waals surface area contributed by atoms with Gasteiger partial charge in [-0.3, -0.25) is 4.79 Å². The van der Waals surface area contributed by atoms with Crippen molar-refractivity contribution in [2.75, 3.05) is 26.8 Å². The molecule has 0 aromatic carbocycles. The molecule has 0 spiro atoms. The molecule has 0 saturated carbocycles. The van der Waals surface area contributed by atoms with Crippen molar-refractivity contribution in [3.63, 3.8) is 0 Å². The monoisotopic (exact) mass is 188 g/mol. The predicted molar refractivity (Wildman–Crippen MR) is 48.6 cm³/mol. The molecule has 0 bridgehead atoms. The van der Waals surface area contributed by atoms with Gasteiger partial charge in [0.15, 0.2) is 0 Å². The molecule has 13 heavy (non-hydrogen) atoms. The van der Waals surface area contributed by atoms with Gasteiger partial charge < -0.3 is 15.4 Å². The third kappa shape index (κ3) is 8.81. The molecule has 0 aliphatic rings. The summed E-state index contributed by atoms with van der Waals surface area (Å²) >= 11 is 0. The first-order valence-corrected chi connectivity index (χ1v) is 4.17. The van der Waals surface area contributed by atoms with Crippen molar-refractivity contribution in [1.29, 1.82) is 0 Å². The fraction of sp³-hybridized carbons (Fsp3) is 0.750. The number of carbonyl (C=O) groups is 2. The van der Waals surface area contributed by atoms with E-state index in [2.05, 4.69) is 10.6 Å². The summed E-state index contributed by atoms with van der Waals surface area (Å²) in [6.45, 7) is 2.67. The molecule has 5 nitrogen and oxygen atoms in total. The van der Waals surface area contributed by atoms with Gasteiger partial charge >= 0.3 is 6.03 Å². The molecule has 2 amide bonds. The highest BCUT2D eigenvalue weighted by Gasteiger charge is 1.99. The fourth-order valence-corrected chi connectivity index (χ4v) is 0.686. The molecule has 2 N–H and O–H groups in total. The van der Waals surface area contributed by atoms with Gasteiger partial charge in [-0.1, -0.05) is 0 Å². The smallest absolute Gasteiger partial charge is 0.315 e. The van der Waals surface area contributed by atoms with Crippen LogP contribution in [0, 0.1) is 0 Å². The van der Waals surface area contributed by atoms with Crippen molar-refractivity contribution in [3.05, 3.63) is 0 Å². The predicted octanol–water partition coefficient (Wildman–Crippen LogP) is -0.0889. The Morgan fingerprint density at radius 1 is 1.31 bits per heavy atom. The number of hydrogen-bond donors (Lipinski definition) is 2. The van der Waals surface area contributed by atoms with Crippen LogP contribution in [0.25, 0.3) is 0 Å². The number of methoxy groups -OCH3 is 1. The molecule has 0 aromatic heterocycles. The second-order valence-corrected chi connectivity index (χ2v) is 2.66. The lowest BCUT2D eigenvalue weighted by molar-refractivity contribution is -0.116. The fourth-order valence-electron chi connectivity index (χ4n) is 0.686. The second kappa shape index (κ2) is 7.54. The molecule has 5 heteroatoms. The van der Waals surface area contributed by atoms with Gasteiger partial charge in [-0.15, -0.1) is 0 Å². The minimum Gasteiger partial charge on any atom is -0.385 e. The molecule has 0 heterocycles. The molecule has 0 fully saturated rings. The molecule has 0 saturated heterocycles. The van der Waals surface area contributed by atoms with Gasteiger partial charge in [-0.2, -0.15) is 0 Å². The van der Waals surface area contributed by atoms with Crippen LogP contribution in [0.5, 0.6) is 0 Å². The van der Waals surface area contributed by atoms with E-state index in [1.165, 1.54) is 6.92 Å². The van der Waals surface area contributed by atoms with Crippen LogP contribution in [0.3, 0.4) is 0 Å². The second-order valence-electron chi connectivity index (χ2n) is 2.66. The maximum Gasteiger partial charge on any atom is 0.315 e. The van der Waals surface area contributed by atoms with E-state index >= 15 is 0 Å². The van der Waals surface area contributed by atoms with Crippen molar-refractivity contribution < 1.29 is 14.3 Å². The number of urea groups is 1. The minimum absolute atomic E-state index is 0.0629. The summed E-state index contributed by atoms with van der Waals surface area (Å²) in [6, 6.07) is -0.314. The first kappa shape index (κ1) is 11.9. The normalized spacial score (nSPS) is 9.38. The van der Waals surface area contributed by atoms with E-state index in [1.807, 2.05) is 0 Å². The number of rotatable bonds is 6. The molecular weight excluding hydrogens is 172 g/mol. The first-order chi connectivity index (χ1) is 6.16. The molecule has 0 unspecified atom stereocenters. The van der Waals surface area contributed by atoms with Gasteiger partial charge in [0.2, 0.25) is 0 Å². The van der Waals surface area contributed by atoms with Crippen molar-refractivity contribution in [2.45, 2.75) is 13.3 Å². The summed E-state index contributed by atoms with van der Waals surface area (Å²) in [5, 5.41) is 5.01. The van der Waals surface area contributed by atoms with E-state index in [1.54, 1.807) is 7.11 Å². The van der Waals surface area contributed by atoms with E-state index in [0.29, 0.717) is 13.2 Å². The molecule has 0 atom stereocenters. The van der Waals surface area contributed by atoms with Gasteiger partial charge in [0.25, 0.3) is 0 Å². The van der Waals surface area contributed by atoms with Crippen LogP contribution >= 0.6 is 0 Å². The van der Waals surface area contributed by atoms with Gasteiger partial charge in [0.1, 0.15) is 5.78 Å². The lowest BCUT2D eigenvalue weighted by atomic mass is 10.4. The number of Topliss-reactive ketones (excluding diaryl/α,β-unsaturated/α-hetero) is 1. The maximum atomic E-state index is 10.9. The standard InChI is InChI=1S/C8H16N2O3/c1-7(11)6-10-8(12)9-4-3-5-13-2/h3-6H2,1-2H3,(H2,9,10,12). The summed E-state index contributed by atoms with van der Waals surface area (Å²) in [5.41, 5.74) is 0. The summed E-state index contributed by atoms with van der Waals surface area (Å²) in [4.78, 5) is 21.4. The van der Waals surface area contributed by atoms with Crippen molar-refractivity contribution in [2.24, 2.45) is 0 Å². The highest BCUT2D eigenvalue weighted by molar-refractivity contribution is 5.83. The maximum absolute atomic E-state index is 10.9. The summed E-state index contributed by atoms with van der Waals surface area (Å²) in [7, 11) is 1.61. The number of amides is 2. The summed E-state index contributed by atoms with van der Waals surface area (Å²) in [5.74, 6) is -0.0629. The average molecular weight is 188 g/mol. The third-order valence-electron chi connectivity index (χ3n) is 1.31. The number of carbonyl (C=O) groups excluding carboxylic acids is 2. The lowest BCUT2D eigenvalue weighted by Gasteiger charge is -2.05. The van der Waals surface area contributed by atoms with Gasteiger partial charge in [0.05, 0.1) is 6.54 Å². The Kier molecular flexibility index (Phi) is 6.91. The van der Waals surface area contributed by atoms with Gasteiger partial charge in [-0.25, -0.2) is 4.79 Å². The minimum atomic E-state index is -0.314. The lowest BCUT2D eigenvalue weighted by Crippen LogP contribution is -2.38. The van der Waals surface area contributed by atoms with Crippen molar-refractivity contribution in [3.8, 4) is 0 Å². The summed E-state index contributed by atoms with van der Waals surface area (Å²) < 4.78 is 4.80. The molecule has 0 aromatic rings. The third-order valence-corrected chi connectivity index (χ3v) is 1.31. The quantitative estimate of drug-likeness (QED) is 0.572. The average Bonchev–Trinajstić information content (AvgIpc) is 2.09. The van der Waals surface area contributed by atoms with Crippen LogP contribution in [-0.4, -0.2) is 38.6 Å². The van der Waals surface area contributed by atoms with Crippen molar-refractivity contribution >= 4 is 11.8 Å². The number of ketones is 1. The van der Waals surface area contributed by atoms with Crippen LogP contribution in [0.2, 0.25) is 0 Å². The van der Waals surface area contributed by atoms with Gasteiger partial charge in [0, 0.05) is 20.3 Å². The Balaban J connectivity index is 3.25. The zero-order valence-corrected chi connectivity index (χ0v) is 8.05. The Labute approximate surface area is 77.8 Å². The topological polar surface area (TPSA) is 67.4 Å². The summed E-state index contributed by atoms with van der Waals surface area (Å²) in [6.07, 6.45) is 0.768. The van der Waals surface area contributed by atoms with Crippen molar-refractivity contribution in [1.82, 2.24) is 10.6 Å². The Hall–Kier alpha value is -1.10. The van der Waals surface area contributed by atoms with Gasteiger partial charge in [-0.05, 0) is 13.3 Å². The molecule has 0 rings (SSSR count). The van der Waals surface area contributed by atoms with E-state index in [-0.39, 0.29) is 18.4 Å².